The van der Waals surface area contributed by atoms with E-state index in [0.29, 0.717) is 5.56 Å². The SMILES string of the molecule is Cc1ccc(CC(Cl)C(N)=O)cc1C(F)(F)F. The van der Waals surface area contributed by atoms with Crippen LogP contribution in [0.3, 0.4) is 0 Å². The van der Waals surface area contributed by atoms with Crippen LogP contribution in [0.4, 0.5) is 13.2 Å². The molecule has 0 bridgehead atoms. The van der Waals surface area contributed by atoms with Gasteiger partial charge >= 0.3 is 6.18 Å². The van der Waals surface area contributed by atoms with E-state index in [9.17, 15) is 18.0 Å². The van der Waals surface area contributed by atoms with Crippen LogP contribution in [0.1, 0.15) is 16.7 Å². The van der Waals surface area contributed by atoms with Crippen molar-refractivity contribution in [3.63, 3.8) is 0 Å². The number of hydrogen-bond acceptors (Lipinski definition) is 1. The molecule has 0 aliphatic rings. The Morgan fingerprint density at radius 2 is 2.06 bits per heavy atom. The number of benzene rings is 1. The zero-order chi connectivity index (χ0) is 13.2. The van der Waals surface area contributed by atoms with Crippen LogP contribution in [0.15, 0.2) is 18.2 Å². The monoisotopic (exact) mass is 265 g/mol. The Bertz CT molecular complexity index is 431. The third-order valence-electron chi connectivity index (χ3n) is 2.33. The van der Waals surface area contributed by atoms with Crippen molar-refractivity contribution in [3.05, 3.63) is 34.9 Å². The van der Waals surface area contributed by atoms with Crippen LogP contribution < -0.4 is 5.73 Å². The first-order valence-corrected chi connectivity index (χ1v) is 5.25. The molecule has 0 aliphatic carbocycles. The zero-order valence-corrected chi connectivity index (χ0v) is 9.77. The molecule has 1 rings (SSSR count). The van der Waals surface area contributed by atoms with Gasteiger partial charge in [-0.15, -0.1) is 11.6 Å². The van der Waals surface area contributed by atoms with Crippen molar-refractivity contribution >= 4 is 17.5 Å². The molecular formula is C11H11ClF3NO. The minimum Gasteiger partial charge on any atom is -0.368 e. The molecule has 1 amide bonds. The lowest BCUT2D eigenvalue weighted by Crippen LogP contribution is -2.25. The highest BCUT2D eigenvalue weighted by Gasteiger charge is 2.32. The van der Waals surface area contributed by atoms with Gasteiger partial charge in [0.25, 0.3) is 0 Å². The van der Waals surface area contributed by atoms with Gasteiger partial charge in [-0.25, -0.2) is 0 Å². The fourth-order valence-corrected chi connectivity index (χ4v) is 1.59. The summed E-state index contributed by atoms with van der Waals surface area (Å²) in [4.78, 5) is 10.7. The van der Waals surface area contributed by atoms with Crippen LogP contribution in [0, 0.1) is 6.92 Å². The third kappa shape index (κ3) is 3.63. The molecule has 2 nitrogen and oxygen atoms in total. The summed E-state index contributed by atoms with van der Waals surface area (Å²) in [5.41, 5.74) is 4.69. The van der Waals surface area contributed by atoms with Crippen molar-refractivity contribution in [2.75, 3.05) is 0 Å². The second kappa shape index (κ2) is 4.96. The van der Waals surface area contributed by atoms with Crippen LogP contribution in [0.25, 0.3) is 0 Å². The zero-order valence-electron chi connectivity index (χ0n) is 9.01. The number of primary amides is 1. The van der Waals surface area contributed by atoms with E-state index in [2.05, 4.69) is 0 Å². The van der Waals surface area contributed by atoms with E-state index in [1.165, 1.54) is 19.1 Å². The van der Waals surface area contributed by atoms with E-state index < -0.39 is 23.0 Å². The Labute approximate surface area is 102 Å². The van der Waals surface area contributed by atoms with Crippen LogP contribution in [0.2, 0.25) is 0 Å². The molecule has 1 aromatic rings. The Balaban J connectivity index is 3.01. The number of aryl methyl sites for hydroxylation is 1. The molecule has 2 N–H and O–H groups in total. The topological polar surface area (TPSA) is 43.1 Å². The lowest BCUT2D eigenvalue weighted by Gasteiger charge is -2.13. The molecule has 6 heteroatoms. The van der Waals surface area contributed by atoms with E-state index >= 15 is 0 Å². The van der Waals surface area contributed by atoms with Crippen LogP contribution in [-0.4, -0.2) is 11.3 Å². The molecule has 0 aliphatic heterocycles. The average molecular weight is 266 g/mol. The summed E-state index contributed by atoms with van der Waals surface area (Å²) < 4.78 is 37.8. The Morgan fingerprint density at radius 1 is 1.47 bits per heavy atom. The summed E-state index contributed by atoms with van der Waals surface area (Å²) in [6.45, 7) is 1.37. The number of hydrogen-bond donors (Lipinski definition) is 1. The van der Waals surface area contributed by atoms with Gasteiger partial charge in [0.05, 0.1) is 5.56 Å². The number of carbonyl (C=O) groups is 1. The van der Waals surface area contributed by atoms with Crippen molar-refractivity contribution < 1.29 is 18.0 Å². The van der Waals surface area contributed by atoms with Gasteiger partial charge < -0.3 is 5.73 Å². The third-order valence-corrected chi connectivity index (χ3v) is 2.70. The first-order valence-electron chi connectivity index (χ1n) is 4.82. The molecule has 1 atom stereocenters. The van der Waals surface area contributed by atoms with E-state index in [4.69, 9.17) is 17.3 Å². The minimum atomic E-state index is -4.41. The highest BCUT2D eigenvalue weighted by Crippen LogP contribution is 2.32. The van der Waals surface area contributed by atoms with Gasteiger partial charge in [0.2, 0.25) is 5.91 Å². The van der Waals surface area contributed by atoms with Crippen molar-refractivity contribution in [2.45, 2.75) is 24.9 Å². The molecule has 0 saturated carbocycles. The Morgan fingerprint density at radius 3 is 2.53 bits per heavy atom. The highest BCUT2D eigenvalue weighted by molar-refractivity contribution is 6.30. The average Bonchev–Trinajstić information content (AvgIpc) is 2.19. The molecule has 17 heavy (non-hydrogen) atoms. The lowest BCUT2D eigenvalue weighted by atomic mass is 10.0. The predicted molar refractivity (Wildman–Crippen MR) is 58.7 cm³/mol. The quantitative estimate of drug-likeness (QED) is 0.839. The summed E-state index contributed by atoms with van der Waals surface area (Å²) in [5, 5.41) is -1.00. The number of amides is 1. The molecule has 0 saturated heterocycles. The molecular weight excluding hydrogens is 255 g/mol. The number of nitrogens with two attached hydrogens (primary N) is 1. The maximum absolute atomic E-state index is 12.6. The molecule has 0 radical (unpaired) electrons. The van der Waals surface area contributed by atoms with E-state index in [-0.39, 0.29) is 12.0 Å². The maximum Gasteiger partial charge on any atom is 0.416 e. The lowest BCUT2D eigenvalue weighted by molar-refractivity contribution is -0.138. The minimum absolute atomic E-state index is 0.0136. The van der Waals surface area contributed by atoms with Gasteiger partial charge in [0.15, 0.2) is 0 Å². The van der Waals surface area contributed by atoms with Gasteiger partial charge in [0.1, 0.15) is 5.38 Å². The molecule has 1 unspecified atom stereocenters. The normalized spacial score (nSPS) is 13.5. The van der Waals surface area contributed by atoms with Crippen LogP contribution >= 0.6 is 11.6 Å². The molecule has 0 aromatic heterocycles. The fraction of sp³-hybridized carbons (Fsp3) is 0.364. The summed E-state index contributed by atoms with van der Waals surface area (Å²) in [5.74, 6) is -0.749. The van der Waals surface area contributed by atoms with Crippen molar-refractivity contribution in [3.8, 4) is 0 Å². The van der Waals surface area contributed by atoms with E-state index in [1.807, 2.05) is 0 Å². The highest BCUT2D eigenvalue weighted by atomic mass is 35.5. The summed E-state index contributed by atoms with van der Waals surface area (Å²) in [6.07, 6.45) is -4.42. The standard InChI is InChI=1S/C11H11ClF3NO/c1-6-2-3-7(5-9(12)10(16)17)4-8(6)11(13,14)15/h2-4,9H,5H2,1H3,(H2,16,17). The molecule has 0 heterocycles. The molecule has 94 valence electrons. The Kier molecular flexibility index (Phi) is 4.03. The van der Waals surface area contributed by atoms with Crippen molar-refractivity contribution in [2.24, 2.45) is 5.73 Å². The number of halogens is 4. The van der Waals surface area contributed by atoms with E-state index in [1.54, 1.807) is 0 Å². The predicted octanol–water partition coefficient (Wildman–Crippen LogP) is 2.65. The van der Waals surface area contributed by atoms with Crippen LogP contribution in [0.5, 0.6) is 0 Å². The van der Waals surface area contributed by atoms with Gasteiger partial charge in [-0.2, -0.15) is 13.2 Å². The van der Waals surface area contributed by atoms with Crippen LogP contribution in [-0.2, 0) is 17.4 Å². The van der Waals surface area contributed by atoms with Gasteiger partial charge in [0, 0.05) is 0 Å². The summed E-state index contributed by atoms with van der Waals surface area (Å²) in [6, 6.07) is 3.85. The second-order valence-electron chi connectivity index (χ2n) is 3.72. The van der Waals surface area contributed by atoms with Gasteiger partial charge in [-0.05, 0) is 30.5 Å². The van der Waals surface area contributed by atoms with Crippen molar-refractivity contribution in [1.29, 1.82) is 0 Å². The molecule has 0 spiro atoms. The van der Waals surface area contributed by atoms with Gasteiger partial charge in [-0.3, -0.25) is 4.79 Å². The molecule has 1 aromatic carbocycles. The van der Waals surface area contributed by atoms with E-state index in [0.717, 1.165) is 6.07 Å². The number of rotatable bonds is 3. The second-order valence-corrected chi connectivity index (χ2v) is 4.25. The Hall–Kier alpha value is -1.23. The summed E-state index contributed by atoms with van der Waals surface area (Å²) >= 11 is 5.60. The smallest absolute Gasteiger partial charge is 0.368 e. The maximum atomic E-state index is 12.6. The fourth-order valence-electron chi connectivity index (χ4n) is 1.41. The first-order chi connectivity index (χ1) is 7.71. The molecule has 0 fully saturated rings. The largest absolute Gasteiger partial charge is 0.416 e. The van der Waals surface area contributed by atoms with Gasteiger partial charge in [-0.1, -0.05) is 12.1 Å². The van der Waals surface area contributed by atoms with Crippen molar-refractivity contribution in [1.82, 2.24) is 0 Å². The first kappa shape index (κ1) is 13.8. The number of carbonyl (C=O) groups excluding carboxylic acids is 1. The summed E-state index contributed by atoms with van der Waals surface area (Å²) in [7, 11) is 0. The number of alkyl halides is 4.